The zero-order chi connectivity index (χ0) is 20.1. The number of rotatable bonds is 6. The monoisotopic (exact) mass is 380 g/mol. The number of nitrogens with zero attached hydrogens (tertiary/aromatic N) is 1. The highest BCUT2D eigenvalue weighted by molar-refractivity contribution is 5.92. The average Bonchev–Trinajstić information content (AvgIpc) is 2.72. The standard InChI is InChI=1S/C22H24N2O4/c1-3-22(4-2)15-19(18-7-5-6-8-20(18)28-22)23-21(25)14-11-16-9-12-17(13-10-16)24(26)27/h5-14,19H,3-4,15H2,1-2H3,(H,23,25)/b14-11+. The third-order valence-electron chi connectivity index (χ3n) is 5.33. The molecule has 146 valence electrons. The molecule has 0 spiro atoms. The molecule has 1 N–H and O–H groups in total. The van der Waals surface area contributed by atoms with E-state index >= 15 is 0 Å². The van der Waals surface area contributed by atoms with Gasteiger partial charge in [0.1, 0.15) is 11.4 Å². The van der Waals surface area contributed by atoms with Gasteiger partial charge < -0.3 is 10.1 Å². The largest absolute Gasteiger partial charge is 0.487 e. The quantitative estimate of drug-likeness (QED) is 0.443. The zero-order valence-corrected chi connectivity index (χ0v) is 16.1. The molecule has 1 atom stereocenters. The van der Waals surface area contributed by atoms with Crippen molar-refractivity contribution in [1.82, 2.24) is 5.32 Å². The van der Waals surface area contributed by atoms with Crippen LogP contribution < -0.4 is 10.1 Å². The highest BCUT2D eigenvalue weighted by atomic mass is 16.6. The van der Waals surface area contributed by atoms with Crippen LogP contribution in [0.5, 0.6) is 5.75 Å². The number of amides is 1. The summed E-state index contributed by atoms with van der Waals surface area (Å²) in [6.07, 6.45) is 5.55. The molecule has 6 nitrogen and oxygen atoms in total. The second kappa shape index (κ2) is 8.25. The van der Waals surface area contributed by atoms with E-state index in [1.54, 1.807) is 18.2 Å². The SMILES string of the molecule is CCC1(CC)CC(NC(=O)/C=C/c2ccc([N+](=O)[O-])cc2)c2ccccc2O1. The maximum absolute atomic E-state index is 12.5. The van der Waals surface area contributed by atoms with Gasteiger partial charge in [0.05, 0.1) is 11.0 Å². The van der Waals surface area contributed by atoms with E-state index in [0.29, 0.717) is 6.42 Å². The van der Waals surface area contributed by atoms with Crippen LogP contribution in [-0.4, -0.2) is 16.4 Å². The molecule has 0 aromatic heterocycles. The van der Waals surface area contributed by atoms with E-state index < -0.39 is 4.92 Å². The number of nitro groups is 1. The zero-order valence-electron chi connectivity index (χ0n) is 16.1. The van der Waals surface area contributed by atoms with Crippen LogP contribution in [0.1, 0.15) is 50.3 Å². The highest BCUT2D eigenvalue weighted by Gasteiger charge is 2.38. The highest BCUT2D eigenvalue weighted by Crippen LogP contribution is 2.42. The molecular weight excluding hydrogens is 356 g/mol. The summed E-state index contributed by atoms with van der Waals surface area (Å²) in [5, 5.41) is 13.8. The van der Waals surface area contributed by atoms with Crippen molar-refractivity contribution in [3.05, 3.63) is 75.8 Å². The summed E-state index contributed by atoms with van der Waals surface area (Å²) in [7, 11) is 0. The van der Waals surface area contributed by atoms with Gasteiger partial charge in [-0.2, -0.15) is 0 Å². The third-order valence-corrected chi connectivity index (χ3v) is 5.33. The number of fused-ring (bicyclic) bond motifs is 1. The minimum atomic E-state index is -0.448. The Kier molecular flexibility index (Phi) is 5.78. The van der Waals surface area contributed by atoms with Crippen molar-refractivity contribution in [3.63, 3.8) is 0 Å². The minimum Gasteiger partial charge on any atom is -0.487 e. The number of benzene rings is 2. The topological polar surface area (TPSA) is 81.5 Å². The number of hydrogen-bond acceptors (Lipinski definition) is 4. The molecule has 1 aliphatic heterocycles. The molecule has 0 aliphatic carbocycles. The molecule has 1 amide bonds. The first-order chi connectivity index (χ1) is 13.5. The van der Waals surface area contributed by atoms with Crippen LogP contribution in [0.3, 0.4) is 0 Å². The van der Waals surface area contributed by atoms with E-state index in [1.807, 2.05) is 24.3 Å². The maximum Gasteiger partial charge on any atom is 0.269 e. The van der Waals surface area contributed by atoms with Gasteiger partial charge >= 0.3 is 0 Å². The van der Waals surface area contributed by atoms with Crippen LogP contribution in [0.2, 0.25) is 0 Å². The van der Waals surface area contributed by atoms with Gasteiger partial charge in [0.2, 0.25) is 5.91 Å². The Balaban J connectivity index is 1.74. The van der Waals surface area contributed by atoms with E-state index in [2.05, 4.69) is 19.2 Å². The molecule has 3 rings (SSSR count). The van der Waals surface area contributed by atoms with Crippen LogP contribution in [0.25, 0.3) is 6.08 Å². The molecule has 1 heterocycles. The molecule has 6 heteroatoms. The van der Waals surface area contributed by atoms with Gasteiger partial charge in [-0.25, -0.2) is 0 Å². The summed E-state index contributed by atoms with van der Waals surface area (Å²) < 4.78 is 6.27. The first-order valence-corrected chi connectivity index (χ1v) is 9.47. The predicted molar refractivity (Wildman–Crippen MR) is 108 cm³/mol. The van der Waals surface area contributed by atoms with Gasteiger partial charge in [-0.15, -0.1) is 0 Å². The molecule has 0 radical (unpaired) electrons. The van der Waals surface area contributed by atoms with Crippen LogP contribution in [-0.2, 0) is 4.79 Å². The van der Waals surface area contributed by atoms with Crippen LogP contribution in [0.15, 0.2) is 54.6 Å². The molecular formula is C22H24N2O4. The van der Waals surface area contributed by atoms with E-state index in [9.17, 15) is 14.9 Å². The lowest BCUT2D eigenvalue weighted by Crippen LogP contribution is -2.44. The number of carbonyl (C=O) groups excluding carboxylic acids is 1. The Morgan fingerprint density at radius 3 is 2.54 bits per heavy atom. The Morgan fingerprint density at radius 1 is 1.21 bits per heavy atom. The Bertz CT molecular complexity index is 886. The van der Waals surface area contributed by atoms with Crippen LogP contribution >= 0.6 is 0 Å². The normalized spacial score (nSPS) is 17.6. The number of nitro benzene ring substituents is 1. The lowest BCUT2D eigenvalue weighted by molar-refractivity contribution is -0.384. The van der Waals surface area contributed by atoms with Crippen LogP contribution in [0.4, 0.5) is 5.69 Å². The van der Waals surface area contributed by atoms with Gasteiger partial charge in [-0.1, -0.05) is 32.0 Å². The maximum atomic E-state index is 12.5. The van der Waals surface area contributed by atoms with Crippen molar-refractivity contribution in [2.45, 2.75) is 44.8 Å². The fourth-order valence-electron chi connectivity index (χ4n) is 3.53. The lowest BCUT2D eigenvalue weighted by Gasteiger charge is -2.41. The Morgan fingerprint density at radius 2 is 1.89 bits per heavy atom. The second-order valence-corrected chi connectivity index (χ2v) is 6.98. The molecule has 0 bridgehead atoms. The summed E-state index contributed by atoms with van der Waals surface area (Å²) in [6, 6.07) is 13.8. The van der Waals surface area contributed by atoms with Crippen molar-refractivity contribution >= 4 is 17.7 Å². The minimum absolute atomic E-state index is 0.0240. The molecule has 1 unspecified atom stereocenters. The fraction of sp³-hybridized carbons (Fsp3) is 0.318. The summed E-state index contributed by atoms with van der Waals surface area (Å²) in [6.45, 7) is 4.20. The van der Waals surface area contributed by atoms with E-state index in [1.165, 1.54) is 18.2 Å². The fourth-order valence-corrected chi connectivity index (χ4v) is 3.53. The van der Waals surface area contributed by atoms with Gasteiger partial charge in [0, 0.05) is 30.2 Å². The molecule has 0 saturated heterocycles. The summed E-state index contributed by atoms with van der Waals surface area (Å²) >= 11 is 0. The number of nitrogens with one attached hydrogen (secondary N) is 1. The first-order valence-electron chi connectivity index (χ1n) is 9.47. The predicted octanol–water partition coefficient (Wildman–Crippen LogP) is 4.81. The lowest BCUT2D eigenvalue weighted by atomic mass is 9.83. The molecule has 28 heavy (non-hydrogen) atoms. The summed E-state index contributed by atoms with van der Waals surface area (Å²) in [5.41, 5.74) is 1.45. The van der Waals surface area contributed by atoms with Crippen molar-refractivity contribution in [2.24, 2.45) is 0 Å². The Labute approximate surface area is 164 Å². The van der Waals surface area contributed by atoms with Crippen molar-refractivity contribution in [2.75, 3.05) is 0 Å². The molecule has 0 saturated carbocycles. The van der Waals surface area contributed by atoms with E-state index in [4.69, 9.17) is 4.74 Å². The first kappa shape index (κ1) is 19.6. The summed E-state index contributed by atoms with van der Waals surface area (Å²) in [4.78, 5) is 22.8. The third kappa shape index (κ3) is 4.22. The van der Waals surface area contributed by atoms with Crippen molar-refractivity contribution in [1.29, 1.82) is 0 Å². The molecule has 2 aromatic rings. The average molecular weight is 380 g/mol. The number of hydrogen-bond donors (Lipinski definition) is 1. The second-order valence-electron chi connectivity index (χ2n) is 6.98. The number of ether oxygens (including phenoxy) is 1. The molecule has 1 aliphatic rings. The molecule has 2 aromatic carbocycles. The van der Waals surface area contributed by atoms with E-state index in [-0.39, 0.29) is 23.2 Å². The van der Waals surface area contributed by atoms with Gasteiger partial charge in [-0.05, 0) is 42.7 Å². The van der Waals surface area contributed by atoms with Crippen molar-refractivity contribution < 1.29 is 14.5 Å². The molecule has 0 fully saturated rings. The number of para-hydroxylation sites is 1. The van der Waals surface area contributed by atoms with Gasteiger partial charge in [-0.3, -0.25) is 14.9 Å². The van der Waals surface area contributed by atoms with Crippen molar-refractivity contribution in [3.8, 4) is 5.75 Å². The van der Waals surface area contributed by atoms with E-state index in [0.717, 1.165) is 29.7 Å². The Hall–Kier alpha value is -3.15. The smallest absolute Gasteiger partial charge is 0.269 e. The van der Waals surface area contributed by atoms with Gasteiger partial charge in [0.15, 0.2) is 0 Å². The van der Waals surface area contributed by atoms with Crippen LogP contribution in [0, 0.1) is 10.1 Å². The summed E-state index contributed by atoms with van der Waals surface area (Å²) in [5.74, 6) is 0.614. The number of non-ortho nitro benzene ring substituents is 1. The number of carbonyl (C=O) groups is 1. The van der Waals surface area contributed by atoms with Gasteiger partial charge in [0.25, 0.3) is 5.69 Å².